The van der Waals surface area contributed by atoms with Crippen LogP contribution < -0.4 is 11.1 Å². The van der Waals surface area contributed by atoms with Crippen LogP contribution in [0.2, 0.25) is 0 Å². The topological polar surface area (TPSA) is 72.9 Å². The normalized spacial score (nSPS) is 12.6. The highest BCUT2D eigenvalue weighted by atomic mass is 35.5. The van der Waals surface area contributed by atoms with Gasteiger partial charge in [0.1, 0.15) is 0 Å². The van der Waals surface area contributed by atoms with Crippen LogP contribution in [0.4, 0.5) is 0 Å². The Bertz CT molecular complexity index is 686. The number of nitrogens with zero attached hydrogens (tertiary/aromatic N) is 2. The number of carbonyl (C=O) groups excluding carboxylic acids is 1. The van der Waals surface area contributed by atoms with Crippen LogP contribution in [0.25, 0.3) is 0 Å². The van der Waals surface area contributed by atoms with Gasteiger partial charge in [-0.1, -0.05) is 38.1 Å². The van der Waals surface area contributed by atoms with E-state index in [4.69, 9.17) is 5.73 Å². The van der Waals surface area contributed by atoms with Crippen molar-refractivity contribution in [1.82, 2.24) is 15.1 Å². The summed E-state index contributed by atoms with van der Waals surface area (Å²) in [7, 11) is 0. The Labute approximate surface area is 156 Å². The minimum atomic E-state index is -0.229. The summed E-state index contributed by atoms with van der Waals surface area (Å²) in [5.74, 6) is 0.342. The molecule has 2 aromatic rings. The van der Waals surface area contributed by atoms with Crippen molar-refractivity contribution in [3.8, 4) is 0 Å². The number of benzene rings is 1. The van der Waals surface area contributed by atoms with Crippen LogP contribution in [0.1, 0.15) is 68.1 Å². The van der Waals surface area contributed by atoms with Crippen LogP contribution in [0, 0.1) is 0 Å². The van der Waals surface area contributed by atoms with Gasteiger partial charge in [0.2, 0.25) is 0 Å². The van der Waals surface area contributed by atoms with Crippen LogP contribution in [0.15, 0.2) is 36.7 Å². The average molecular weight is 365 g/mol. The zero-order valence-electron chi connectivity index (χ0n) is 15.6. The van der Waals surface area contributed by atoms with Crippen LogP contribution in [-0.2, 0) is 5.54 Å². The number of nitrogens with two attached hydrogens (primary N) is 1. The summed E-state index contributed by atoms with van der Waals surface area (Å²) in [6.45, 7) is 10.8. The highest BCUT2D eigenvalue weighted by Gasteiger charge is 2.17. The molecule has 0 bridgehead atoms. The summed E-state index contributed by atoms with van der Waals surface area (Å²) >= 11 is 0. The van der Waals surface area contributed by atoms with Gasteiger partial charge in [0.15, 0.2) is 0 Å². The van der Waals surface area contributed by atoms with E-state index in [2.05, 4.69) is 36.4 Å². The lowest BCUT2D eigenvalue weighted by atomic mass is 9.99. The Morgan fingerprint density at radius 1 is 1.20 bits per heavy atom. The van der Waals surface area contributed by atoms with Crippen molar-refractivity contribution in [3.05, 3.63) is 53.3 Å². The Kier molecular flexibility index (Phi) is 7.20. The van der Waals surface area contributed by atoms with Gasteiger partial charge in [-0.05, 0) is 37.8 Å². The third-order valence-corrected chi connectivity index (χ3v) is 4.05. The third kappa shape index (κ3) is 5.58. The lowest BCUT2D eigenvalue weighted by Gasteiger charge is -2.18. The van der Waals surface area contributed by atoms with Gasteiger partial charge >= 0.3 is 0 Å². The maximum Gasteiger partial charge on any atom is 0.254 e. The Morgan fingerprint density at radius 2 is 1.76 bits per heavy atom. The summed E-state index contributed by atoms with van der Waals surface area (Å²) in [6, 6.07) is 8.02. The second kappa shape index (κ2) is 8.50. The van der Waals surface area contributed by atoms with E-state index in [-0.39, 0.29) is 29.9 Å². The lowest BCUT2D eigenvalue weighted by Crippen LogP contribution is -2.31. The number of hydrogen-bond donors (Lipinski definition) is 2. The lowest BCUT2D eigenvalue weighted by molar-refractivity contribution is 0.0951. The van der Waals surface area contributed by atoms with Gasteiger partial charge in [-0.15, -0.1) is 12.4 Å². The summed E-state index contributed by atoms with van der Waals surface area (Å²) in [5, 5.41) is 7.13. The first-order valence-electron chi connectivity index (χ1n) is 8.37. The molecule has 0 saturated carbocycles. The molecule has 0 saturated heterocycles. The molecule has 1 aromatic carbocycles. The second-order valence-corrected chi connectivity index (χ2v) is 7.48. The predicted molar refractivity (Wildman–Crippen MR) is 104 cm³/mol. The predicted octanol–water partition coefficient (Wildman–Crippen LogP) is 3.61. The molecule has 0 spiro atoms. The number of halogens is 1. The second-order valence-electron chi connectivity index (χ2n) is 7.48. The van der Waals surface area contributed by atoms with Gasteiger partial charge in [0, 0.05) is 18.8 Å². The molecule has 0 aliphatic rings. The van der Waals surface area contributed by atoms with E-state index >= 15 is 0 Å². The molecule has 0 aliphatic carbocycles. The highest BCUT2D eigenvalue weighted by Crippen LogP contribution is 2.17. The van der Waals surface area contributed by atoms with Crippen molar-refractivity contribution in [3.63, 3.8) is 0 Å². The standard InChI is InChI=1S/C19H28N4O.ClH/c1-13(2)14-6-8-15(9-7-14)17(20)11-21-18(24)16-10-22-23(12-16)19(3,4)5;/h6-10,12-13,17H,11,20H2,1-5H3,(H,21,24);1H. The molecule has 1 unspecified atom stereocenters. The van der Waals surface area contributed by atoms with Crippen molar-refractivity contribution in [1.29, 1.82) is 0 Å². The molecule has 6 heteroatoms. The van der Waals surface area contributed by atoms with Crippen LogP contribution in [0.3, 0.4) is 0 Å². The van der Waals surface area contributed by atoms with Gasteiger partial charge in [-0.2, -0.15) is 5.10 Å². The SMILES string of the molecule is CC(C)c1ccc(C(N)CNC(=O)c2cnn(C(C)(C)C)c2)cc1.Cl. The van der Waals surface area contributed by atoms with E-state index in [0.717, 1.165) is 5.56 Å². The molecule has 3 N–H and O–H groups in total. The number of carbonyl (C=O) groups is 1. The largest absolute Gasteiger partial charge is 0.350 e. The monoisotopic (exact) mass is 364 g/mol. The fourth-order valence-corrected chi connectivity index (χ4v) is 2.36. The first-order chi connectivity index (χ1) is 11.2. The van der Waals surface area contributed by atoms with Crippen LogP contribution >= 0.6 is 12.4 Å². The number of hydrogen-bond acceptors (Lipinski definition) is 3. The third-order valence-electron chi connectivity index (χ3n) is 4.05. The van der Waals surface area contributed by atoms with E-state index < -0.39 is 0 Å². The molecule has 0 fully saturated rings. The summed E-state index contributed by atoms with van der Waals surface area (Å²) < 4.78 is 1.78. The molecule has 138 valence electrons. The summed E-state index contributed by atoms with van der Waals surface area (Å²) in [4.78, 5) is 12.2. The maximum atomic E-state index is 12.2. The van der Waals surface area contributed by atoms with E-state index in [1.807, 2.05) is 32.9 Å². The Hall–Kier alpha value is -1.85. The first-order valence-corrected chi connectivity index (χ1v) is 8.37. The number of nitrogens with one attached hydrogen (secondary N) is 1. The summed E-state index contributed by atoms with van der Waals surface area (Å²) in [5.41, 5.74) is 8.89. The molecular weight excluding hydrogens is 336 g/mol. The molecule has 1 atom stereocenters. The molecule has 1 amide bonds. The van der Waals surface area contributed by atoms with Gasteiger partial charge < -0.3 is 11.1 Å². The minimum absolute atomic E-state index is 0. The molecule has 5 nitrogen and oxygen atoms in total. The van der Waals surface area contributed by atoms with E-state index in [9.17, 15) is 4.79 Å². The molecule has 0 radical (unpaired) electrons. The number of rotatable bonds is 5. The van der Waals surface area contributed by atoms with Crippen molar-refractivity contribution in [2.24, 2.45) is 5.73 Å². The van der Waals surface area contributed by atoms with E-state index in [1.54, 1.807) is 17.1 Å². The zero-order chi connectivity index (χ0) is 17.9. The van der Waals surface area contributed by atoms with Crippen molar-refractivity contribution >= 4 is 18.3 Å². The molecule has 1 heterocycles. The fourth-order valence-electron chi connectivity index (χ4n) is 2.36. The van der Waals surface area contributed by atoms with Crippen LogP contribution in [-0.4, -0.2) is 22.2 Å². The zero-order valence-corrected chi connectivity index (χ0v) is 16.4. The Morgan fingerprint density at radius 3 is 2.24 bits per heavy atom. The van der Waals surface area contributed by atoms with Crippen molar-refractivity contribution < 1.29 is 4.79 Å². The quantitative estimate of drug-likeness (QED) is 0.851. The highest BCUT2D eigenvalue weighted by molar-refractivity contribution is 5.93. The molecule has 1 aromatic heterocycles. The smallest absolute Gasteiger partial charge is 0.254 e. The first kappa shape index (κ1) is 21.2. The number of aromatic nitrogens is 2. The van der Waals surface area contributed by atoms with Gasteiger partial charge in [-0.25, -0.2) is 0 Å². The maximum absolute atomic E-state index is 12.2. The van der Waals surface area contributed by atoms with Crippen molar-refractivity contribution in [2.45, 2.75) is 52.1 Å². The van der Waals surface area contributed by atoms with Crippen molar-refractivity contribution in [2.75, 3.05) is 6.54 Å². The molecular formula is C19H29ClN4O. The average Bonchev–Trinajstić information content (AvgIpc) is 3.02. The molecule has 25 heavy (non-hydrogen) atoms. The fraction of sp³-hybridized carbons (Fsp3) is 0.474. The number of amides is 1. The summed E-state index contributed by atoms with van der Waals surface area (Å²) in [6.07, 6.45) is 3.35. The van der Waals surface area contributed by atoms with Gasteiger partial charge in [0.25, 0.3) is 5.91 Å². The Balaban J connectivity index is 0.00000312. The van der Waals surface area contributed by atoms with Gasteiger partial charge in [-0.3, -0.25) is 9.48 Å². The van der Waals surface area contributed by atoms with Crippen LogP contribution in [0.5, 0.6) is 0 Å². The minimum Gasteiger partial charge on any atom is -0.350 e. The van der Waals surface area contributed by atoms with E-state index in [1.165, 1.54) is 5.56 Å². The molecule has 2 rings (SSSR count). The van der Waals surface area contributed by atoms with Gasteiger partial charge in [0.05, 0.1) is 17.3 Å². The van der Waals surface area contributed by atoms with E-state index in [0.29, 0.717) is 18.0 Å². The molecule has 0 aliphatic heterocycles.